The molecular formula is C11H21N3O. The smallest absolute Gasteiger partial charge is 0.0547 e. The Balaban J connectivity index is 2.56. The molecule has 0 spiro atoms. The van der Waals surface area contributed by atoms with Crippen LogP contribution in [0.3, 0.4) is 0 Å². The van der Waals surface area contributed by atoms with Crippen molar-refractivity contribution in [2.45, 2.75) is 32.9 Å². The quantitative estimate of drug-likeness (QED) is 0.766. The first kappa shape index (κ1) is 12.2. The molecule has 0 bridgehead atoms. The topological polar surface area (TPSA) is 50.1 Å². The summed E-state index contributed by atoms with van der Waals surface area (Å²) in [4.78, 5) is 0. The third kappa shape index (κ3) is 3.04. The van der Waals surface area contributed by atoms with Crippen molar-refractivity contribution in [3.63, 3.8) is 0 Å². The van der Waals surface area contributed by atoms with Gasteiger partial charge < -0.3 is 10.4 Å². The lowest BCUT2D eigenvalue weighted by molar-refractivity contribution is 0.201. The van der Waals surface area contributed by atoms with E-state index in [1.165, 1.54) is 0 Å². The molecule has 0 aliphatic rings. The minimum atomic E-state index is 0.215. The van der Waals surface area contributed by atoms with E-state index >= 15 is 0 Å². The van der Waals surface area contributed by atoms with Crippen LogP contribution in [0.4, 0.5) is 0 Å². The summed E-state index contributed by atoms with van der Waals surface area (Å²) >= 11 is 0. The van der Waals surface area contributed by atoms with Gasteiger partial charge in [0, 0.05) is 31.9 Å². The van der Waals surface area contributed by atoms with Gasteiger partial charge in [-0.3, -0.25) is 4.68 Å². The molecule has 0 saturated carbocycles. The van der Waals surface area contributed by atoms with Crippen LogP contribution in [0.2, 0.25) is 0 Å². The van der Waals surface area contributed by atoms with Gasteiger partial charge in [-0.1, -0.05) is 6.92 Å². The zero-order chi connectivity index (χ0) is 11.4. The van der Waals surface area contributed by atoms with E-state index in [9.17, 15) is 0 Å². The molecule has 0 radical (unpaired) electrons. The zero-order valence-corrected chi connectivity index (χ0v) is 9.94. The Morgan fingerprint density at radius 1 is 1.47 bits per heavy atom. The Morgan fingerprint density at radius 2 is 2.13 bits per heavy atom. The number of aromatic nitrogens is 2. The predicted octanol–water partition coefficient (Wildman–Crippen LogP) is 1.09. The molecule has 15 heavy (non-hydrogen) atoms. The number of hydrogen-bond donors (Lipinski definition) is 2. The fraction of sp³-hybridized carbons (Fsp3) is 0.727. The van der Waals surface area contributed by atoms with Crippen molar-refractivity contribution in [2.24, 2.45) is 13.0 Å². The maximum absolute atomic E-state index is 9.05. The number of nitrogens with zero attached hydrogens (tertiary/aromatic N) is 2. The molecule has 4 heteroatoms. The fourth-order valence-corrected chi connectivity index (χ4v) is 1.61. The molecular weight excluding hydrogens is 190 g/mol. The van der Waals surface area contributed by atoms with E-state index < -0.39 is 0 Å². The van der Waals surface area contributed by atoms with E-state index in [-0.39, 0.29) is 18.6 Å². The molecule has 0 aliphatic heterocycles. The minimum absolute atomic E-state index is 0.215. The highest BCUT2D eigenvalue weighted by Gasteiger charge is 2.16. The summed E-state index contributed by atoms with van der Waals surface area (Å²) in [6, 6.07) is 2.55. The van der Waals surface area contributed by atoms with E-state index in [1.54, 1.807) is 6.20 Å². The maximum atomic E-state index is 9.05. The van der Waals surface area contributed by atoms with Crippen LogP contribution < -0.4 is 5.32 Å². The van der Waals surface area contributed by atoms with Crippen molar-refractivity contribution < 1.29 is 5.11 Å². The molecule has 1 aromatic heterocycles. The van der Waals surface area contributed by atoms with E-state index in [0.29, 0.717) is 6.04 Å². The number of aliphatic hydroxyl groups is 1. The highest BCUT2D eigenvalue weighted by molar-refractivity contribution is 5.05. The molecule has 86 valence electrons. The maximum Gasteiger partial charge on any atom is 0.0547 e. The zero-order valence-electron chi connectivity index (χ0n) is 9.94. The lowest BCUT2D eigenvalue weighted by atomic mass is 10.0. The average molecular weight is 211 g/mol. The Hall–Kier alpha value is -0.870. The molecule has 4 nitrogen and oxygen atoms in total. The molecule has 1 aromatic rings. The molecule has 0 aliphatic carbocycles. The molecule has 3 atom stereocenters. The summed E-state index contributed by atoms with van der Waals surface area (Å²) in [6.45, 7) is 6.45. The van der Waals surface area contributed by atoms with Crippen LogP contribution in [0.25, 0.3) is 0 Å². The summed E-state index contributed by atoms with van der Waals surface area (Å²) in [5.41, 5.74) is 1.16. The molecule has 3 unspecified atom stereocenters. The van der Waals surface area contributed by atoms with Gasteiger partial charge in [0.25, 0.3) is 0 Å². The van der Waals surface area contributed by atoms with Crippen molar-refractivity contribution >= 4 is 0 Å². The summed E-state index contributed by atoms with van der Waals surface area (Å²) in [5, 5.41) is 16.6. The lowest BCUT2D eigenvalue weighted by Crippen LogP contribution is -2.36. The van der Waals surface area contributed by atoms with Gasteiger partial charge in [-0.15, -0.1) is 0 Å². The highest BCUT2D eigenvalue weighted by Crippen LogP contribution is 2.13. The minimum Gasteiger partial charge on any atom is -0.396 e. The predicted molar refractivity (Wildman–Crippen MR) is 60.5 cm³/mol. The number of nitrogens with one attached hydrogen (secondary N) is 1. The number of aryl methyl sites for hydroxylation is 1. The first-order valence-corrected chi connectivity index (χ1v) is 5.41. The van der Waals surface area contributed by atoms with Gasteiger partial charge in [0.15, 0.2) is 0 Å². The van der Waals surface area contributed by atoms with Crippen LogP contribution in [0.5, 0.6) is 0 Å². The van der Waals surface area contributed by atoms with Gasteiger partial charge in [0.2, 0.25) is 0 Å². The van der Waals surface area contributed by atoms with E-state index in [1.807, 2.05) is 24.7 Å². The first-order chi connectivity index (χ1) is 7.06. The molecule has 0 amide bonds. The Bertz CT molecular complexity index is 298. The Kier molecular flexibility index (Phi) is 4.29. The van der Waals surface area contributed by atoms with E-state index in [4.69, 9.17) is 5.11 Å². The van der Waals surface area contributed by atoms with Crippen LogP contribution in [0, 0.1) is 5.92 Å². The molecule has 0 fully saturated rings. The fourth-order valence-electron chi connectivity index (χ4n) is 1.61. The second-order valence-corrected chi connectivity index (χ2v) is 4.22. The highest BCUT2D eigenvalue weighted by atomic mass is 16.3. The monoisotopic (exact) mass is 211 g/mol. The van der Waals surface area contributed by atoms with Crippen LogP contribution in [0.15, 0.2) is 12.3 Å². The largest absolute Gasteiger partial charge is 0.396 e. The average Bonchev–Trinajstić information content (AvgIpc) is 2.63. The van der Waals surface area contributed by atoms with Crippen LogP contribution in [0.1, 0.15) is 32.5 Å². The van der Waals surface area contributed by atoms with Gasteiger partial charge in [-0.05, 0) is 25.8 Å². The van der Waals surface area contributed by atoms with Gasteiger partial charge in [-0.25, -0.2) is 0 Å². The van der Waals surface area contributed by atoms with Gasteiger partial charge in [-0.2, -0.15) is 5.10 Å². The van der Waals surface area contributed by atoms with Crippen molar-refractivity contribution in [3.8, 4) is 0 Å². The van der Waals surface area contributed by atoms with Crippen LogP contribution >= 0.6 is 0 Å². The van der Waals surface area contributed by atoms with Crippen LogP contribution in [-0.2, 0) is 7.05 Å². The summed E-state index contributed by atoms with van der Waals surface area (Å²) in [5.74, 6) is 0.265. The summed E-state index contributed by atoms with van der Waals surface area (Å²) < 4.78 is 1.87. The summed E-state index contributed by atoms with van der Waals surface area (Å²) in [6.07, 6.45) is 1.80. The third-order valence-electron chi connectivity index (χ3n) is 2.96. The summed E-state index contributed by atoms with van der Waals surface area (Å²) in [7, 11) is 1.94. The lowest BCUT2D eigenvalue weighted by Gasteiger charge is -2.24. The second-order valence-electron chi connectivity index (χ2n) is 4.22. The normalized spacial score (nSPS) is 17.4. The van der Waals surface area contributed by atoms with E-state index in [0.717, 1.165) is 5.69 Å². The Morgan fingerprint density at radius 3 is 2.60 bits per heavy atom. The number of aliphatic hydroxyl groups excluding tert-OH is 1. The third-order valence-corrected chi connectivity index (χ3v) is 2.96. The van der Waals surface area contributed by atoms with E-state index in [2.05, 4.69) is 24.3 Å². The van der Waals surface area contributed by atoms with Gasteiger partial charge in [0.05, 0.1) is 5.69 Å². The van der Waals surface area contributed by atoms with Gasteiger partial charge in [0.1, 0.15) is 0 Å². The number of rotatable bonds is 5. The molecule has 1 heterocycles. The second kappa shape index (κ2) is 5.28. The van der Waals surface area contributed by atoms with Crippen LogP contribution in [-0.4, -0.2) is 27.5 Å². The van der Waals surface area contributed by atoms with Crippen molar-refractivity contribution in [2.75, 3.05) is 6.61 Å². The molecule has 1 rings (SSSR count). The first-order valence-electron chi connectivity index (χ1n) is 5.41. The van der Waals surface area contributed by atoms with Gasteiger partial charge >= 0.3 is 0 Å². The number of hydrogen-bond acceptors (Lipinski definition) is 3. The van der Waals surface area contributed by atoms with Crippen molar-refractivity contribution in [1.29, 1.82) is 0 Å². The molecule has 0 saturated heterocycles. The molecule has 2 N–H and O–H groups in total. The molecule has 0 aromatic carbocycles. The SMILES string of the molecule is CC(NC(C)C(C)CO)c1ccnn1C. The van der Waals surface area contributed by atoms with Crippen molar-refractivity contribution in [1.82, 2.24) is 15.1 Å². The Labute approximate surface area is 91.3 Å². The van der Waals surface area contributed by atoms with Crippen molar-refractivity contribution in [3.05, 3.63) is 18.0 Å². The standard InChI is InChI=1S/C11H21N3O/c1-8(7-15)9(2)13-10(3)11-5-6-12-14(11)4/h5-6,8-10,13,15H,7H2,1-4H3.